The van der Waals surface area contributed by atoms with Crippen LogP contribution in [0.3, 0.4) is 0 Å². The molecule has 0 fully saturated rings. The standard InChI is InChI=1S/C11H18N2/c1-4-10(12)9(3)11-8(2)6-5-7-13-11/h5-7,9-10H,4,12H2,1-3H3. The van der Waals surface area contributed by atoms with Crippen molar-refractivity contribution in [1.82, 2.24) is 4.98 Å². The van der Waals surface area contributed by atoms with Crippen molar-refractivity contribution in [1.29, 1.82) is 0 Å². The van der Waals surface area contributed by atoms with Crippen molar-refractivity contribution in [2.45, 2.75) is 39.2 Å². The van der Waals surface area contributed by atoms with Gasteiger partial charge in [0, 0.05) is 23.9 Å². The van der Waals surface area contributed by atoms with Gasteiger partial charge in [0.05, 0.1) is 0 Å². The van der Waals surface area contributed by atoms with Gasteiger partial charge >= 0.3 is 0 Å². The summed E-state index contributed by atoms with van der Waals surface area (Å²) in [5.74, 6) is 0.353. The molecule has 0 aliphatic heterocycles. The fourth-order valence-corrected chi connectivity index (χ4v) is 1.53. The predicted octanol–water partition coefficient (Wildman–Crippen LogP) is 2.23. The van der Waals surface area contributed by atoms with E-state index in [-0.39, 0.29) is 6.04 Å². The zero-order valence-electron chi connectivity index (χ0n) is 8.62. The van der Waals surface area contributed by atoms with Gasteiger partial charge in [0.15, 0.2) is 0 Å². The van der Waals surface area contributed by atoms with Crippen molar-refractivity contribution < 1.29 is 0 Å². The second kappa shape index (κ2) is 4.38. The number of pyridine rings is 1. The quantitative estimate of drug-likeness (QED) is 0.771. The van der Waals surface area contributed by atoms with Gasteiger partial charge in [-0.2, -0.15) is 0 Å². The summed E-state index contributed by atoms with van der Waals surface area (Å²) in [6, 6.07) is 4.26. The van der Waals surface area contributed by atoms with Crippen molar-refractivity contribution >= 4 is 0 Å². The summed E-state index contributed by atoms with van der Waals surface area (Å²) in [6.07, 6.45) is 2.83. The van der Waals surface area contributed by atoms with E-state index in [0.717, 1.165) is 12.1 Å². The minimum atomic E-state index is 0.216. The van der Waals surface area contributed by atoms with Gasteiger partial charge in [-0.3, -0.25) is 4.98 Å². The highest BCUT2D eigenvalue weighted by Gasteiger charge is 2.15. The van der Waals surface area contributed by atoms with E-state index in [4.69, 9.17) is 5.73 Å². The molecule has 2 N–H and O–H groups in total. The average Bonchev–Trinajstić information content (AvgIpc) is 2.16. The van der Waals surface area contributed by atoms with Crippen LogP contribution in [0.1, 0.15) is 37.4 Å². The first-order valence-electron chi connectivity index (χ1n) is 4.84. The number of aromatic nitrogens is 1. The maximum atomic E-state index is 5.98. The van der Waals surface area contributed by atoms with Crippen molar-refractivity contribution in [3.05, 3.63) is 29.6 Å². The molecule has 1 rings (SSSR count). The number of hydrogen-bond donors (Lipinski definition) is 1. The molecule has 2 atom stereocenters. The molecule has 0 spiro atoms. The molecule has 13 heavy (non-hydrogen) atoms. The molecule has 1 aromatic heterocycles. The normalized spacial score (nSPS) is 15.4. The van der Waals surface area contributed by atoms with E-state index in [0.29, 0.717) is 5.92 Å². The fraction of sp³-hybridized carbons (Fsp3) is 0.545. The number of nitrogens with zero attached hydrogens (tertiary/aromatic N) is 1. The van der Waals surface area contributed by atoms with Crippen molar-refractivity contribution in [3.8, 4) is 0 Å². The molecular weight excluding hydrogens is 160 g/mol. The molecule has 2 heteroatoms. The van der Waals surface area contributed by atoms with E-state index in [1.807, 2.05) is 12.3 Å². The predicted molar refractivity (Wildman–Crippen MR) is 55.7 cm³/mol. The zero-order valence-corrected chi connectivity index (χ0v) is 8.62. The average molecular weight is 178 g/mol. The Kier molecular flexibility index (Phi) is 3.43. The molecule has 2 nitrogen and oxygen atoms in total. The summed E-state index contributed by atoms with van der Waals surface area (Å²) in [5, 5.41) is 0. The molecule has 0 bridgehead atoms. The first-order chi connectivity index (χ1) is 6.16. The SMILES string of the molecule is CCC(N)C(C)c1ncccc1C. The maximum absolute atomic E-state index is 5.98. The lowest BCUT2D eigenvalue weighted by atomic mass is 9.94. The van der Waals surface area contributed by atoms with E-state index in [9.17, 15) is 0 Å². The van der Waals surface area contributed by atoms with Crippen LogP contribution in [0.15, 0.2) is 18.3 Å². The number of hydrogen-bond acceptors (Lipinski definition) is 2. The van der Waals surface area contributed by atoms with Crippen LogP contribution in [-0.4, -0.2) is 11.0 Å². The van der Waals surface area contributed by atoms with Crippen LogP contribution in [0.5, 0.6) is 0 Å². The van der Waals surface area contributed by atoms with E-state index in [1.54, 1.807) is 0 Å². The van der Waals surface area contributed by atoms with E-state index < -0.39 is 0 Å². The smallest absolute Gasteiger partial charge is 0.0476 e. The lowest BCUT2D eigenvalue weighted by Crippen LogP contribution is -2.26. The van der Waals surface area contributed by atoms with Gasteiger partial charge < -0.3 is 5.73 Å². The Labute approximate surface area is 80.2 Å². The van der Waals surface area contributed by atoms with Crippen LogP contribution < -0.4 is 5.73 Å². The molecule has 0 aliphatic rings. The van der Waals surface area contributed by atoms with Crippen LogP contribution in [0, 0.1) is 6.92 Å². The number of rotatable bonds is 3. The van der Waals surface area contributed by atoms with Gasteiger partial charge in [-0.15, -0.1) is 0 Å². The summed E-state index contributed by atoms with van der Waals surface area (Å²) < 4.78 is 0. The monoisotopic (exact) mass is 178 g/mol. The lowest BCUT2D eigenvalue weighted by Gasteiger charge is -2.19. The molecule has 1 aromatic rings. The molecule has 0 saturated heterocycles. The first-order valence-corrected chi connectivity index (χ1v) is 4.84. The Bertz CT molecular complexity index is 271. The summed E-state index contributed by atoms with van der Waals surface area (Å²) in [5.41, 5.74) is 8.35. The Morgan fingerprint density at radius 1 is 1.54 bits per heavy atom. The third kappa shape index (κ3) is 2.28. The Morgan fingerprint density at radius 3 is 2.77 bits per heavy atom. The zero-order chi connectivity index (χ0) is 9.84. The molecule has 0 radical (unpaired) electrons. The molecule has 72 valence electrons. The van der Waals surface area contributed by atoms with Crippen LogP contribution >= 0.6 is 0 Å². The second-order valence-corrected chi connectivity index (χ2v) is 3.57. The van der Waals surface area contributed by atoms with Crippen molar-refractivity contribution in [2.75, 3.05) is 0 Å². The summed E-state index contributed by atoms with van der Waals surface area (Å²) in [6.45, 7) is 6.34. The summed E-state index contributed by atoms with van der Waals surface area (Å²) in [7, 11) is 0. The van der Waals surface area contributed by atoms with Gasteiger partial charge in [-0.1, -0.05) is 19.9 Å². The van der Waals surface area contributed by atoms with Gasteiger partial charge in [0.2, 0.25) is 0 Å². The molecular formula is C11H18N2. The van der Waals surface area contributed by atoms with Gasteiger partial charge in [0.1, 0.15) is 0 Å². The second-order valence-electron chi connectivity index (χ2n) is 3.57. The first kappa shape index (κ1) is 10.2. The molecule has 0 saturated carbocycles. The maximum Gasteiger partial charge on any atom is 0.0476 e. The third-order valence-electron chi connectivity index (χ3n) is 2.59. The summed E-state index contributed by atoms with van der Waals surface area (Å²) >= 11 is 0. The Hall–Kier alpha value is -0.890. The number of nitrogens with two attached hydrogens (primary N) is 1. The molecule has 0 aromatic carbocycles. The van der Waals surface area contributed by atoms with Crippen molar-refractivity contribution in [2.24, 2.45) is 5.73 Å². The van der Waals surface area contributed by atoms with E-state index in [1.165, 1.54) is 5.56 Å². The van der Waals surface area contributed by atoms with Crippen LogP contribution in [-0.2, 0) is 0 Å². The molecule has 2 unspecified atom stereocenters. The highest BCUT2D eigenvalue weighted by Crippen LogP contribution is 2.20. The minimum absolute atomic E-state index is 0.216. The molecule has 1 heterocycles. The minimum Gasteiger partial charge on any atom is -0.327 e. The highest BCUT2D eigenvalue weighted by molar-refractivity contribution is 5.22. The van der Waals surface area contributed by atoms with E-state index >= 15 is 0 Å². The van der Waals surface area contributed by atoms with Gasteiger partial charge in [-0.25, -0.2) is 0 Å². The Morgan fingerprint density at radius 2 is 2.23 bits per heavy atom. The van der Waals surface area contributed by atoms with Crippen LogP contribution in [0.2, 0.25) is 0 Å². The lowest BCUT2D eigenvalue weighted by molar-refractivity contribution is 0.538. The van der Waals surface area contributed by atoms with Crippen molar-refractivity contribution in [3.63, 3.8) is 0 Å². The summed E-state index contributed by atoms with van der Waals surface area (Å²) in [4.78, 5) is 4.37. The van der Waals surface area contributed by atoms with Crippen LogP contribution in [0.25, 0.3) is 0 Å². The van der Waals surface area contributed by atoms with Gasteiger partial charge in [-0.05, 0) is 25.0 Å². The highest BCUT2D eigenvalue weighted by atomic mass is 14.7. The largest absolute Gasteiger partial charge is 0.327 e. The topological polar surface area (TPSA) is 38.9 Å². The number of aryl methyl sites for hydroxylation is 1. The molecule has 0 amide bonds. The third-order valence-corrected chi connectivity index (χ3v) is 2.59. The Balaban J connectivity index is 2.88. The van der Waals surface area contributed by atoms with Crippen LogP contribution in [0.4, 0.5) is 0 Å². The molecule has 0 aliphatic carbocycles. The fourth-order valence-electron chi connectivity index (χ4n) is 1.53. The van der Waals surface area contributed by atoms with E-state index in [2.05, 4.69) is 31.8 Å². The van der Waals surface area contributed by atoms with Gasteiger partial charge in [0.25, 0.3) is 0 Å².